The number of thioether (sulfide) groups is 1. The lowest BCUT2D eigenvalue weighted by atomic mass is 10.2. The summed E-state index contributed by atoms with van der Waals surface area (Å²) in [5, 5.41) is 12.1. The highest BCUT2D eigenvalue weighted by Gasteiger charge is 2.45. The molecule has 0 saturated heterocycles. The van der Waals surface area contributed by atoms with Gasteiger partial charge in [0.1, 0.15) is 11.8 Å². The van der Waals surface area contributed by atoms with E-state index < -0.39 is 47.5 Å². The Morgan fingerprint density at radius 3 is 2.11 bits per heavy atom. The van der Waals surface area contributed by atoms with Gasteiger partial charge in [-0.15, -0.1) is 11.8 Å². The fraction of sp³-hybridized carbons (Fsp3) is 0.231. The fourth-order valence-electron chi connectivity index (χ4n) is 2.01. The minimum atomic E-state index is -4.70. The number of hydrogen-bond acceptors (Lipinski definition) is 4. The minimum Gasteiger partial charge on any atom is -0.607 e. The molecule has 2 aromatic rings. The topological polar surface area (TPSA) is 64.7 Å². The Morgan fingerprint density at radius 1 is 1.22 bits per heavy atom. The SMILES string of the molecule is CSc1c([S+]([O-])C(F)(Cl)Cl)c(C#N)nn1-c1c(Cl)cc(C(F)(F)F)cc1Cl. The first-order chi connectivity index (χ1) is 12.3. The Balaban J connectivity index is 2.78. The van der Waals surface area contributed by atoms with Gasteiger partial charge in [-0.25, -0.2) is 4.68 Å². The van der Waals surface area contributed by atoms with E-state index in [0.29, 0.717) is 12.1 Å². The largest absolute Gasteiger partial charge is 0.607 e. The van der Waals surface area contributed by atoms with Crippen LogP contribution in [-0.4, -0.2) is 24.5 Å². The molecule has 0 amide bonds. The van der Waals surface area contributed by atoms with Gasteiger partial charge in [0.2, 0.25) is 10.6 Å². The second-order valence-corrected chi connectivity index (χ2v) is 9.51. The average molecular weight is 501 g/mol. The molecule has 1 aromatic carbocycles. The highest BCUT2D eigenvalue weighted by Crippen LogP contribution is 2.43. The molecule has 1 atom stereocenters. The first-order valence-electron chi connectivity index (χ1n) is 6.45. The number of rotatable bonds is 4. The second kappa shape index (κ2) is 8.06. The van der Waals surface area contributed by atoms with Crippen LogP contribution in [0.3, 0.4) is 0 Å². The molecule has 0 aliphatic heterocycles. The maximum atomic E-state index is 13.8. The van der Waals surface area contributed by atoms with Crippen molar-refractivity contribution in [3.8, 4) is 11.8 Å². The van der Waals surface area contributed by atoms with Crippen LogP contribution < -0.4 is 0 Å². The quantitative estimate of drug-likeness (QED) is 0.225. The van der Waals surface area contributed by atoms with Gasteiger partial charge in [-0.2, -0.15) is 27.9 Å². The lowest BCUT2D eigenvalue weighted by Crippen LogP contribution is -2.22. The van der Waals surface area contributed by atoms with Gasteiger partial charge in [0.25, 0.3) is 0 Å². The van der Waals surface area contributed by atoms with Gasteiger partial charge in [0.05, 0.1) is 26.8 Å². The zero-order chi connectivity index (χ0) is 20.7. The monoisotopic (exact) mass is 499 g/mol. The third-order valence-corrected chi connectivity index (χ3v) is 6.54. The van der Waals surface area contributed by atoms with Crippen molar-refractivity contribution in [2.75, 3.05) is 6.26 Å². The van der Waals surface area contributed by atoms with Gasteiger partial charge in [-0.05, 0) is 41.6 Å². The van der Waals surface area contributed by atoms with Crippen LogP contribution >= 0.6 is 58.2 Å². The molecule has 1 unspecified atom stereocenters. The standard InChI is InChI=1S/C13H5Cl4F4N3OS2/c1-26-11-10(27(25)13(16,17)21)8(4-22)23-24(11)9-6(14)2-5(3-7(9)15)12(18,19)20/h2-3H,1H3. The van der Waals surface area contributed by atoms with Gasteiger partial charge < -0.3 is 4.55 Å². The van der Waals surface area contributed by atoms with Crippen LogP contribution in [0.4, 0.5) is 17.6 Å². The smallest absolute Gasteiger partial charge is 0.423 e. The van der Waals surface area contributed by atoms with E-state index in [1.54, 1.807) is 6.07 Å². The van der Waals surface area contributed by atoms with Crippen LogP contribution in [0.15, 0.2) is 22.1 Å². The number of halogens is 8. The summed E-state index contributed by atoms with van der Waals surface area (Å²) < 4.78 is 62.3. The van der Waals surface area contributed by atoms with E-state index in [-0.39, 0.29) is 10.7 Å². The lowest BCUT2D eigenvalue weighted by molar-refractivity contribution is -0.137. The van der Waals surface area contributed by atoms with Crippen molar-refractivity contribution in [1.82, 2.24) is 9.78 Å². The van der Waals surface area contributed by atoms with Gasteiger partial charge >= 0.3 is 10.1 Å². The molecular weight excluding hydrogens is 496 g/mol. The van der Waals surface area contributed by atoms with E-state index in [4.69, 9.17) is 46.4 Å². The predicted octanol–water partition coefficient (Wildman–Crippen LogP) is 5.96. The molecule has 0 radical (unpaired) electrons. The zero-order valence-corrected chi connectivity index (χ0v) is 17.4. The van der Waals surface area contributed by atoms with E-state index in [1.807, 2.05) is 0 Å². The fourth-order valence-corrected chi connectivity index (χ4v) is 4.92. The lowest BCUT2D eigenvalue weighted by Gasteiger charge is -2.16. The maximum absolute atomic E-state index is 13.8. The molecule has 4 nitrogen and oxygen atoms in total. The zero-order valence-electron chi connectivity index (χ0n) is 12.7. The molecule has 1 heterocycles. The van der Waals surface area contributed by atoms with Crippen molar-refractivity contribution in [1.29, 1.82) is 5.26 Å². The first kappa shape index (κ1) is 22.7. The molecule has 1 aromatic heterocycles. The van der Waals surface area contributed by atoms with E-state index in [9.17, 15) is 27.4 Å². The number of aromatic nitrogens is 2. The minimum absolute atomic E-state index is 0.0863. The molecule has 14 heteroatoms. The Kier molecular flexibility index (Phi) is 6.79. The van der Waals surface area contributed by atoms with Crippen LogP contribution in [-0.2, 0) is 17.4 Å². The molecule has 0 aliphatic carbocycles. The van der Waals surface area contributed by atoms with Crippen LogP contribution in [0, 0.1) is 11.3 Å². The molecule has 0 fully saturated rings. The summed E-state index contributed by atoms with van der Waals surface area (Å²) in [4.78, 5) is -0.440. The molecule has 0 aliphatic rings. The van der Waals surface area contributed by atoms with Crippen LogP contribution in [0.1, 0.15) is 11.3 Å². The van der Waals surface area contributed by atoms with Crippen molar-refractivity contribution < 1.29 is 22.1 Å². The second-order valence-electron chi connectivity index (χ2n) is 4.71. The molecule has 0 bridgehead atoms. The van der Waals surface area contributed by atoms with Gasteiger partial charge in [-0.1, -0.05) is 23.2 Å². The molecule has 27 heavy (non-hydrogen) atoms. The van der Waals surface area contributed by atoms with Crippen molar-refractivity contribution >= 4 is 69.3 Å². The predicted molar refractivity (Wildman–Crippen MR) is 97.0 cm³/mol. The number of benzene rings is 1. The van der Waals surface area contributed by atoms with Crippen LogP contribution in [0.2, 0.25) is 10.0 Å². The molecule has 2 rings (SSSR count). The summed E-state index contributed by atoms with van der Waals surface area (Å²) in [6.07, 6.45) is -3.24. The number of nitrogens with zero attached hydrogens (tertiary/aromatic N) is 3. The summed E-state index contributed by atoms with van der Waals surface area (Å²) >= 11 is 20.5. The van der Waals surface area contributed by atoms with Crippen molar-refractivity contribution in [3.05, 3.63) is 33.4 Å². The summed E-state index contributed by atoms with van der Waals surface area (Å²) in [7, 11) is 0. The molecule has 0 spiro atoms. The number of hydrogen-bond donors (Lipinski definition) is 0. The highest BCUT2D eigenvalue weighted by molar-refractivity contribution is 8.00. The van der Waals surface area contributed by atoms with Gasteiger partial charge in [0.15, 0.2) is 5.03 Å². The summed E-state index contributed by atoms with van der Waals surface area (Å²) in [6, 6.07) is 2.82. The van der Waals surface area contributed by atoms with Crippen molar-refractivity contribution in [3.63, 3.8) is 0 Å². The van der Waals surface area contributed by atoms with E-state index in [2.05, 4.69) is 5.10 Å². The van der Waals surface area contributed by atoms with Gasteiger partial charge in [0, 0.05) is 0 Å². The summed E-state index contributed by atoms with van der Waals surface area (Å²) in [6.45, 7) is 0. The highest BCUT2D eigenvalue weighted by atomic mass is 35.5. The maximum Gasteiger partial charge on any atom is 0.423 e. The molecule has 0 N–H and O–H groups in total. The average Bonchev–Trinajstić information content (AvgIpc) is 2.89. The van der Waals surface area contributed by atoms with E-state index in [0.717, 1.165) is 16.4 Å². The normalized spacial score (nSPS) is 13.5. The van der Waals surface area contributed by atoms with E-state index in [1.165, 1.54) is 6.26 Å². The van der Waals surface area contributed by atoms with Crippen molar-refractivity contribution in [2.45, 2.75) is 20.0 Å². The van der Waals surface area contributed by atoms with Gasteiger partial charge in [-0.3, -0.25) is 0 Å². The Hall–Kier alpha value is -0.540. The third kappa shape index (κ3) is 4.56. The molecular formula is C13H5Cl4F4N3OS2. The number of nitriles is 1. The van der Waals surface area contributed by atoms with E-state index >= 15 is 0 Å². The number of alkyl halides is 6. The summed E-state index contributed by atoms with van der Waals surface area (Å²) in [5.41, 5.74) is -1.83. The first-order valence-corrected chi connectivity index (χ1v) is 10.3. The van der Waals surface area contributed by atoms with Crippen molar-refractivity contribution in [2.24, 2.45) is 0 Å². The Bertz CT molecular complexity index is 901. The summed E-state index contributed by atoms with van der Waals surface area (Å²) in [5.74, 6) is 0. The third-order valence-electron chi connectivity index (χ3n) is 3.05. The van der Waals surface area contributed by atoms with Crippen LogP contribution in [0.5, 0.6) is 0 Å². The Labute approximate surface area is 177 Å². The Morgan fingerprint density at radius 2 is 1.74 bits per heavy atom. The molecule has 146 valence electrons. The van der Waals surface area contributed by atoms with Crippen LogP contribution in [0.25, 0.3) is 5.69 Å². The molecule has 0 saturated carbocycles.